The van der Waals surface area contributed by atoms with Crippen LogP contribution in [0.4, 0.5) is 4.39 Å². The Morgan fingerprint density at radius 1 is 1.20 bits per heavy atom. The molecule has 104 valence electrons. The summed E-state index contributed by atoms with van der Waals surface area (Å²) in [5.41, 5.74) is 6.56. The van der Waals surface area contributed by atoms with Crippen molar-refractivity contribution in [2.75, 3.05) is 0 Å². The summed E-state index contributed by atoms with van der Waals surface area (Å²) in [7, 11) is 0. The zero-order valence-corrected chi connectivity index (χ0v) is 14.2. The van der Waals surface area contributed by atoms with Crippen molar-refractivity contribution in [3.8, 4) is 5.75 Å². The van der Waals surface area contributed by atoms with Crippen LogP contribution in [-0.4, -0.2) is 4.99 Å². The number of thiocarbonyl (C=S) groups is 1. The molecule has 0 heterocycles. The van der Waals surface area contributed by atoms with Crippen LogP contribution < -0.4 is 10.5 Å². The maximum atomic E-state index is 13.7. The number of halogens is 3. The van der Waals surface area contributed by atoms with E-state index in [1.165, 1.54) is 6.07 Å². The van der Waals surface area contributed by atoms with Crippen molar-refractivity contribution in [1.29, 1.82) is 0 Å². The Morgan fingerprint density at radius 2 is 1.95 bits per heavy atom. The van der Waals surface area contributed by atoms with Gasteiger partial charge in [-0.25, -0.2) is 4.39 Å². The SMILES string of the molecule is NC(=S)c1ccc(F)c(COc2ccc(Br)cc2Br)c1. The zero-order chi connectivity index (χ0) is 14.7. The molecular weight excluding hydrogens is 409 g/mol. The van der Waals surface area contributed by atoms with Crippen LogP contribution in [0.1, 0.15) is 11.1 Å². The van der Waals surface area contributed by atoms with Gasteiger partial charge in [-0.2, -0.15) is 0 Å². The van der Waals surface area contributed by atoms with E-state index < -0.39 is 0 Å². The zero-order valence-electron chi connectivity index (χ0n) is 10.2. The molecular formula is C14H10Br2FNOS. The van der Waals surface area contributed by atoms with E-state index in [-0.39, 0.29) is 17.4 Å². The quantitative estimate of drug-likeness (QED) is 0.739. The maximum absolute atomic E-state index is 13.7. The molecule has 0 spiro atoms. The fraction of sp³-hybridized carbons (Fsp3) is 0.0714. The Balaban J connectivity index is 2.18. The lowest BCUT2D eigenvalue weighted by Crippen LogP contribution is -2.10. The number of hydrogen-bond donors (Lipinski definition) is 1. The predicted molar refractivity (Wildman–Crippen MR) is 88.5 cm³/mol. The first-order valence-corrected chi connectivity index (χ1v) is 7.63. The van der Waals surface area contributed by atoms with Crippen molar-refractivity contribution < 1.29 is 9.13 Å². The van der Waals surface area contributed by atoms with Gasteiger partial charge in [-0.15, -0.1) is 0 Å². The van der Waals surface area contributed by atoms with Crippen LogP contribution in [0.5, 0.6) is 5.75 Å². The third-order valence-electron chi connectivity index (χ3n) is 2.61. The third-order valence-corrected chi connectivity index (χ3v) is 3.96. The lowest BCUT2D eigenvalue weighted by Gasteiger charge is -2.10. The molecule has 2 nitrogen and oxygen atoms in total. The molecule has 2 aromatic rings. The Morgan fingerprint density at radius 3 is 2.60 bits per heavy atom. The Kier molecular flexibility index (Phi) is 5.12. The summed E-state index contributed by atoms with van der Waals surface area (Å²) in [5.74, 6) is 0.284. The summed E-state index contributed by atoms with van der Waals surface area (Å²) in [4.78, 5) is 0.232. The van der Waals surface area contributed by atoms with Crippen molar-refractivity contribution in [2.24, 2.45) is 5.73 Å². The minimum absolute atomic E-state index is 0.0997. The van der Waals surface area contributed by atoms with E-state index in [0.717, 1.165) is 8.95 Å². The Bertz CT molecular complexity index is 664. The molecule has 0 aromatic heterocycles. The van der Waals surface area contributed by atoms with Gasteiger partial charge in [0.05, 0.1) is 4.47 Å². The van der Waals surface area contributed by atoms with Gasteiger partial charge in [0.1, 0.15) is 23.2 Å². The molecule has 0 aliphatic carbocycles. The van der Waals surface area contributed by atoms with E-state index in [9.17, 15) is 4.39 Å². The van der Waals surface area contributed by atoms with Gasteiger partial charge in [-0.3, -0.25) is 0 Å². The average molecular weight is 419 g/mol. The van der Waals surface area contributed by atoms with E-state index in [4.69, 9.17) is 22.7 Å². The molecule has 0 unspecified atom stereocenters. The van der Waals surface area contributed by atoms with E-state index in [1.807, 2.05) is 12.1 Å². The second-order valence-corrected chi connectivity index (χ2v) is 6.24. The lowest BCUT2D eigenvalue weighted by molar-refractivity contribution is 0.298. The summed E-state index contributed by atoms with van der Waals surface area (Å²) < 4.78 is 21.0. The summed E-state index contributed by atoms with van der Waals surface area (Å²) in [6, 6.07) is 9.99. The number of rotatable bonds is 4. The van der Waals surface area contributed by atoms with Gasteiger partial charge < -0.3 is 10.5 Å². The highest BCUT2D eigenvalue weighted by Crippen LogP contribution is 2.29. The van der Waals surface area contributed by atoms with Gasteiger partial charge >= 0.3 is 0 Å². The lowest BCUT2D eigenvalue weighted by atomic mass is 10.1. The molecule has 0 atom stereocenters. The van der Waals surface area contributed by atoms with Crippen LogP contribution in [0, 0.1) is 5.82 Å². The van der Waals surface area contributed by atoms with Gasteiger partial charge in [-0.1, -0.05) is 28.1 Å². The molecule has 20 heavy (non-hydrogen) atoms. The molecule has 2 aromatic carbocycles. The van der Waals surface area contributed by atoms with E-state index >= 15 is 0 Å². The summed E-state index contributed by atoms with van der Waals surface area (Å²) in [6.45, 7) is 0.0997. The summed E-state index contributed by atoms with van der Waals surface area (Å²) in [5, 5.41) is 0. The van der Waals surface area contributed by atoms with Crippen LogP contribution in [0.15, 0.2) is 45.3 Å². The van der Waals surface area contributed by atoms with E-state index in [1.54, 1.807) is 18.2 Å². The molecule has 2 rings (SSSR count). The highest BCUT2D eigenvalue weighted by molar-refractivity contribution is 9.11. The highest BCUT2D eigenvalue weighted by atomic mass is 79.9. The molecule has 0 radical (unpaired) electrons. The van der Waals surface area contributed by atoms with Crippen molar-refractivity contribution in [3.05, 3.63) is 62.3 Å². The van der Waals surface area contributed by atoms with Gasteiger partial charge in [0, 0.05) is 15.6 Å². The van der Waals surface area contributed by atoms with Gasteiger partial charge in [0.15, 0.2) is 0 Å². The van der Waals surface area contributed by atoms with Gasteiger partial charge in [-0.05, 0) is 52.3 Å². The van der Waals surface area contributed by atoms with Gasteiger partial charge in [0.2, 0.25) is 0 Å². The minimum Gasteiger partial charge on any atom is -0.488 e. The number of benzene rings is 2. The van der Waals surface area contributed by atoms with Crippen LogP contribution >= 0.6 is 44.1 Å². The molecule has 0 saturated heterocycles. The third kappa shape index (κ3) is 3.77. The van der Waals surface area contributed by atoms with Crippen molar-refractivity contribution in [2.45, 2.75) is 6.61 Å². The van der Waals surface area contributed by atoms with Gasteiger partial charge in [0.25, 0.3) is 0 Å². The molecule has 0 saturated carbocycles. The molecule has 0 fully saturated rings. The first kappa shape index (κ1) is 15.4. The van der Waals surface area contributed by atoms with Crippen molar-refractivity contribution in [3.63, 3.8) is 0 Å². The Labute approximate surface area is 138 Å². The molecule has 2 N–H and O–H groups in total. The number of nitrogens with two attached hydrogens (primary N) is 1. The summed E-state index contributed by atoms with van der Waals surface area (Å²) in [6.07, 6.45) is 0. The molecule has 0 bridgehead atoms. The van der Waals surface area contributed by atoms with Crippen LogP contribution in [0.2, 0.25) is 0 Å². The van der Waals surface area contributed by atoms with Crippen molar-refractivity contribution in [1.82, 2.24) is 0 Å². The smallest absolute Gasteiger partial charge is 0.134 e. The van der Waals surface area contributed by atoms with Crippen molar-refractivity contribution >= 4 is 49.1 Å². The molecule has 0 aliphatic heterocycles. The van der Waals surface area contributed by atoms with Crippen LogP contribution in [-0.2, 0) is 6.61 Å². The second-order valence-electron chi connectivity index (χ2n) is 4.03. The average Bonchev–Trinajstić information content (AvgIpc) is 2.39. The largest absolute Gasteiger partial charge is 0.488 e. The van der Waals surface area contributed by atoms with Crippen LogP contribution in [0.25, 0.3) is 0 Å². The first-order chi connectivity index (χ1) is 9.47. The highest BCUT2D eigenvalue weighted by Gasteiger charge is 2.08. The number of hydrogen-bond acceptors (Lipinski definition) is 2. The normalized spacial score (nSPS) is 10.3. The summed E-state index contributed by atoms with van der Waals surface area (Å²) >= 11 is 11.6. The minimum atomic E-state index is -0.349. The van der Waals surface area contributed by atoms with E-state index in [0.29, 0.717) is 16.9 Å². The fourth-order valence-corrected chi connectivity index (χ4v) is 2.87. The molecule has 0 amide bonds. The number of ether oxygens (including phenoxy) is 1. The Hall–Kier alpha value is -0.980. The monoisotopic (exact) mass is 417 g/mol. The first-order valence-electron chi connectivity index (χ1n) is 5.63. The second kappa shape index (κ2) is 6.65. The standard InChI is InChI=1S/C14H10Br2FNOS/c15-10-2-4-13(11(16)6-10)19-7-9-5-8(14(18)20)1-3-12(9)17/h1-6H,7H2,(H2,18,20). The van der Waals surface area contributed by atoms with Crippen LogP contribution in [0.3, 0.4) is 0 Å². The molecule has 6 heteroatoms. The molecule has 0 aliphatic rings. The van der Waals surface area contributed by atoms with E-state index in [2.05, 4.69) is 31.9 Å². The maximum Gasteiger partial charge on any atom is 0.134 e. The topological polar surface area (TPSA) is 35.2 Å². The predicted octanol–water partition coefficient (Wildman–Crippen LogP) is 4.56. The fourth-order valence-electron chi connectivity index (χ4n) is 1.59.